The molecule has 9 heteroatoms. The van der Waals surface area contributed by atoms with Gasteiger partial charge in [0.2, 0.25) is 10.0 Å². The Kier molecular flexibility index (Phi) is 5.73. The molecule has 3 rings (SSSR count). The standard InChI is InChI=1S/C18H21N3O5S/c1-19(14-15-5-3-2-4-6-15)17-8-7-16(21(22)23)13-18(17)27(24,25)20-9-11-26-12-10-20/h2-8,13H,9-12,14H2,1H3. The molecule has 0 aliphatic carbocycles. The molecule has 0 unspecified atom stereocenters. The molecule has 1 fully saturated rings. The molecule has 27 heavy (non-hydrogen) atoms. The van der Waals surface area contributed by atoms with Gasteiger partial charge in [-0.25, -0.2) is 8.42 Å². The Balaban J connectivity index is 2.01. The Morgan fingerprint density at radius 2 is 1.81 bits per heavy atom. The van der Waals surface area contributed by atoms with Gasteiger partial charge in [0, 0.05) is 38.8 Å². The predicted molar refractivity (Wildman–Crippen MR) is 101 cm³/mol. The number of non-ortho nitro benzene ring substituents is 1. The van der Waals surface area contributed by atoms with Crippen LogP contribution in [0.15, 0.2) is 53.4 Å². The lowest BCUT2D eigenvalue weighted by Crippen LogP contribution is -2.41. The van der Waals surface area contributed by atoms with Gasteiger partial charge in [0.25, 0.3) is 5.69 Å². The third kappa shape index (κ3) is 4.26. The van der Waals surface area contributed by atoms with Crippen molar-refractivity contribution in [3.8, 4) is 0 Å². The Morgan fingerprint density at radius 1 is 1.15 bits per heavy atom. The van der Waals surface area contributed by atoms with E-state index in [4.69, 9.17) is 4.74 Å². The van der Waals surface area contributed by atoms with Gasteiger partial charge < -0.3 is 9.64 Å². The van der Waals surface area contributed by atoms with Crippen LogP contribution in [0.1, 0.15) is 5.56 Å². The van der Waals surface area contributed by atoms with Crippen molar-refractivity contribution in [2.45, 2.75) is 11.4 Å². The van der Waals surface area contributed by atoms with Gasteiger partial charge in [-0.1, -0.05) is 30.3 Å². The van der Waals surface area contributed by atoms with Crippen LogP contribution in [0.5, 0.6) is 0 Å². The monoisotopic (exact) mass is 391 g/mol. The van der Waals surface area contributed by atoms with E-state index in [2.05, 4.69) is 0 Å². The van der Waals surface area contributed by atoms with Crippen molar-refractivity contribution in [2.75, 3.05) is 38.3 Å². The Bertz CT molecular complexity index is 912. The lowest BCUT2D eigenvalue weighted by atomic mass is 10.2. The Labute approximate surface area is 158 Å². The number of nitrogens with zero attached hydrogens (tertiary/aromatic N) is 3. The van der Waals surface area contributed by atoms with Gasteiger partial charge in [-0.3, -0.25) is 10.1 Å². The summed E-state index contributed by atoms with van der Waals surface area (Å²) in [5, 5.41) is 11.2. The lowest BCUT2D eigenvalue weighted by Gasteiger charge is -2.29. The second kappa shape index (κ2) is 8.03. The molecule has 1 heterocycles. The van der Waals surface area contributed by atoms with Crippen molar-refractivity contribution >= 4 is 21.4 Å². The first-order chi connectivity index (χ1) is 12.9. The van der Waals surface area contributed by atoms with E-state index in [1.807, 2.05) is 30.3 Å². The summed E-state index contributed by atoms with van der Waals surface area (Å²) < 4.78 is 32.9. The van der Waals surface area contributed by atoms with Gasteiger partial charge in [-0.15, -0.1) is 0 Å². The molecule has 144 valence electrons. The number of hydrogen-bond acceptors (Lipinski definition) is 6. The van der Waals surface area contributed by atoms with Crippen LogP contribution in [0.25, 0.3) is 0 Å². The fourth-order valence-corrected chi connectivity index (χ4v) is 4.67. The highest BCUT2D eigenvalue weighted by Gasteiger charge is 2.31. The van der Waals surface area contributed by atoms with E-state index in [9.17, 15) is 18.5 Å². The van der Waals surface area contributed by atoms with E-state index in [-0.39, 0.29) is 23.7 Å². The van der Waals surface area contributed by atoms with E-state index in [0.717, 1.165) is 11.6 Å². The third-order valence-electron chi connectivity index (χ3n) is 4.42. The van der Waals surface area contributed by atoms with Gasteiger partial charge in [-0.05, 0) is 11.6 Å². The minimum Gasteiger partial charge on any atom is -0.379 e. The summed E-state index contributed by atoms with van der Waals surface area (Å²) in [5.41, 5.74) is 1.18. The quantitative estimate of drug-likeness (QED) is 0.554. The molecule has 0 saturated carbocycles. The maximum Gasteiger partial charge on any atom is 0.270 e. The summed E-state index contributed by atoms with van der Waals surface area (Å²) in [6, 6.07) is 13.6. The smallest absolute Gasteiger partial charge is 0.270 e. The van der Waals surface area contributed by atoms with E-state index in [1.165, 1.54) is 16.4 Å². The zero-order chi connectivity index (χ0) is 19.4. The second-order valence-corrected chi connectivity index (χ2v) is 8.17. The highest BCUT2D eigenvalue weighted by Crippen LogP contribution is 2.32. The minimum atomic E-state index is -3.88. The van der Waals surface area contributed by atoms with Gasteiger partial charge in [0.1, 0.15) is 4.90 Å². The van der Waals surface area contributed by atoms with Crippen LogP contribution in [0.2, 0.25) is 0 Å². The molecule has 0 bridgehead atoms. The van der Waals surface area contributed by atoms with Crippen molar-refractivity contribution in [1.82, 2.24) is 4.31 Å². The number of anilines is 1. The fourth-order valence-electron chi connectivity index (χ4n) is 3.01. The topological polar surface area (TPSA) is 93.0 Å². The zero-order valence-corrected chi connectivity index (χ0v) is 15.8. The predicted octanol–water partition coefficient (Wildman–Crippen LogP) is 2.25. The molecule has 2 aromatic rings. The summed E-state index contributed by atoms with van der Waals surface area (Å²) in [6.07, 6.45) is 0. The Morgan fingerprint density at radius 3 is 2.44 bits per heavy atom. The van der Waals surface area contributed by atoms with Crippen LogP contribution >= 0.6 is 0 Å². The molecule has 0 N–H and O–H groups in total. The highest BCUT2D eigenvalue weighted by molar-refractivity contribution is 7.89. The number of ether oxygens (including phenoxy) is 1. The molecule has 1 saturated heterocycles. The highest BCUT2D eigenvalue weighted by atomic mass is 32.2. The van der Waals surface area contributed by atoms with E-state index in [1.54, 1.807) is 11.9 Å². The molecule has 1 aliphatic heterocycles. The fraction of sp³-hybridized carbons (Fsp3) is 0.333. The normalized spacial score (nSPS) is 15.4. The molecular weight excluding hydrogens is 370 g/mol. The van der Waals surface area contributed by atoms with Gasteiger partial charge in [0.15, 0.2) is 0 Å². The molecule has 0 aromatic heterocycles. The summed E-state index contributed by atoms with van der Waals surface area (Å²) in [4.78, 5) is 12.3. The van der Waals surface area contributed by atoms with E-state index >= 15 is 0 Å². The number of nitro groups is 1. The maximum absolute atomic E-state index is 13.2. The first-order valence-corrected chi connectivity index (χ1v) is 9.95. The molecular formula is C18H21N3O5S. The van der Waals surface area contributed by atoms with Crippen LogP contribution in [-0.4, -0.2) is 51.0 Å². The largest absolute Gasteiger partial charge is 0.379 e. The first-order valence-electron chi connectivity index (χ1n) is 8.51. The van der Waals surface area contributed by atoms with Crippen molar-refractivity contribution in [2.24, 2.45) is 0 Å². The minimum absolute atomic E-state index is 0.0583. The second-order valence-electron chi connectivity index (χ2n) is 6.27. The maximum atomic E-state index is 13.2. The first kappa shape index (κ1) is 19.3. The summed E-state index contributed by atoms with van der Waals surface area (Å²) in [5.74, 6) is 0. The van der Waals surface area contributed by atoms with Gasteiger partial charge in [-0.2, -0.15) is 4.31 Å². The SMILES string of the molecule is CN(Cc1ccccc1)c1ccc([N+](=O)[O-])cc1S(=O)(=O)N1CCOCC1. The average molecular weight is 391 g/mol. The number of sulfonamides is 1. The van der Waals surface area contributed by atoms with Crippen LogP contribution in [0, 0.1) is 10.1 Å². The molecule has 8 nitrogen and oxygen atoms in total. The van der Waals surface area contributed by atoms with Crippen molar-refractivity contribution in [1.29, 1.82) is 0 Å². The molecule has 0 spiro atoms. The molecule has 1 aliphatic rings. The van der Waals surface area contributed by atoms with E-state index < -0.39 is 14.9 Å². The van der Waals surface area contributed by atoms with E-state index in [0.29, 0.717) is 25.4 Å². The lowest BCUT2D eigenvalue weighted by molar-refractivity contribution is -0.385. The van der Waals surface area contributed by atoms with Crippen LogP contribution in [0.4, 0.5) is 11.4 Å². The van der Waals surface area contributed by atoms with Crippen LogP contribution in [-0.2, 0) is 21.3 Å². The molecule has 0 amide bonds. The van der Waals surface area contributed by atoms with Crippen LogP contribution in [0.3, 0.4) is 0 Å². The van der Waals surface area contributed by atoms with Gasteiger partial charge in [0.05, 0.1) is 23.8 Å². The third-order valence-corrected chi connectivity index (χ3v) is 6.34. The summed E-state index contributed by atoms with van der Waals surface area (Å²) in [6.45, 7) is 1.55. The molecule has 2 aromatic carbocycles. The van der Waals surface area contributed by atoms with Crippen molar-refractivity contribution in [3.63, 3.8) is 0 Å². The van der Waals surface area contributed by atoms with Crippen LogP contribution < -0.4 is 4.90 Å². The number of hydrogen-bond donors (Lipinski definition) is 0. The average Bonchev–Trinajstić information content (AvgIpc) is 2.69. The molecule has 0 radical (unpaired) electrons. The number of rotatable bonds is 6. The van der Waals surface area contributed by atoms with Gasteiger partial charge >= 0.3 is 0 Å². The summed E-state index contributed by atoms with van der Waals surface area (Å²) in [7, 11) is -2.11. The number of morpholine rings is 1. The number of nitro benzene ring substituents is 1. The van der Waals surface area contributed by atoms with Crippen molar-refractivity contribution in [3.05, 3.63) is 64.2 Å². The summed E-state index contributed by atoms with van der Waals surface area (Å²) >= 11 is 0. The Hall–Kier alpha value is -2.49. The van der Waals surface area contributed by atoms with Crippen molar-refractivity contribution < 1.29 is 18.1 Å². The number of benzene rings is 2. The molecule has 0 atom stereocenters. The zero-order valence-electron chi connectivity index (χ0n) is 14.9.